The Balaban J connectivity index is 2.36. The summed E-state index contributed by atoms with van der Waals surface area (Å²) in [6.45, 7) is 8.44. The average molecular weight is 283 g/mol. The van der Waals surface area contributed by atoms with Gasteiger partial charge in [-0.15, -0.1) is 0 Å². The van der Waals surface area contributed by atoms with Crippen molar-refractivity contribution in [3.05, 3.63) is 29.3 Å². The predicted molar refractivity (Wildman–Crippen MR) is 74.7 cm³/mol. The molecule has 0 bridgehead atoms. The largest absolute Gasteiger partial charge is 0.373 e. The molecular weight excluding hydrogens is 262 g/mol. The summed E-state index contributed by atoms with van der Waals surface area (Å²) in [5.41, 5.74) is 1.87. The molecule has 0 amide bonds. The van der Waals surface area contributed by atoms with Crippen LogP contribution in [-0.2, 0) is 14.8 Å². The number of hydrogen-bond acceptors (Lipinski definition) is 3. The molecule has 19 heavy (non-hydrogen) atoms. The topological polar surface area (TPSA) is 46.6 Å². The third-order valence-electron chi connectivity index (χ3n) is 3.33. The lowest BCUT2D eigenvalue weighted by atomic mass is 10.2. The Bertz CT molecular complexity index is 558. The van der Waals surface area contributed by atoms with E-state index in [-0.39, 0.29) is 12.2 Å². The van der Waals surface area contributed by atoms with Crippen LogP contribution in [0.1, 0.15) is 25.0 Å². The number of aryl methyl sites for hydroxylation is 2. The van der Waals surface area contributed by atoms with Crippen LogP contribution in [0.3, 0.4) is 0 Å². The summed E-state index contributed by atoms with van der Waals surface area (Å²) < 4.78 is 32.5. The second-order valence-corrected chi connectivity index (χ2v) is 7.25. The van der Waals surface area contributed by atoms with E-state index >= 15 is 0 Å². The van der Waals surface area contributed by atoms with Crippen LogP contribution >= 0.6 is 0 Å². The minimum absolute atomic E-state index is 0.0655. The normalized spacial score (nSPS) is 25.5. The van der Waals surface area contributed by atoms with Crippen molar-refractivity contribution < 1.29 is 13.2 Å². The number of rotatable bonds is 2. The number of nitrogens with zero attached hydrogens (tertiary/aromatic N) is 1. The van der Waals surface area contributed by atoms with Crippen LogP contribution in [0.2, 0.25) is 0 Å². The van der Waals surface area contributed by atoms with Crippen molar-refractivity contribution in [1.82, 2.24) is 4.31 Å². The van der Waals surface area contributed by atoms with Crippen LogP contribution in [0.4, 0.5) is 0 Å². The lowest BCUT2D eigenvalue weighted by Gasteiger charge is -2.34. The summed E-state index contributed by atoms with van der Waals surface area (Å²) >= 11 is 0. The lowest BCUT2D eigenvalue weighted by Crippen LogP contribution is -2.48. The van der Waals surface area contributed by atoms with Crippen LogP contribution in [0.15, 0.2) is 23.1 Å². The van der Waals surface area contributed by atoms with Crippen molar-refractivity contribution in [3.8, 4) is 0 Å². The molecular formula is C14H21NO3S. The summed E-state index contributed by atoms with van der Waals surface area (Å²) in [6.07, 6.45) is -0.131. The molecule has 4 nitrogen and oxygen atoms in total. The summed E-state index contributed by atoms with van der Waals surface area (Å²) in [5.74, 6) is 0. The molecule has 0 saturated carbocycles. The highest BCUT2D eigenvalue weighted by molar-refractivity contribution is 7.89. The minimum Gasteiger partial charge on any atom is -0.373 e. The maximum Gasteiger partial charge on any atom is 0.243 e. The predicted octanol–water partition coefficient (Wildman–Crippen LogP) is 2.10. The molecule has 2 atom stereocenters. The van der Waals surface area contributed by atoms with E-state index in [2.05, 4.69) is 0 Å². The van der Waals surface area contributed by atoms with Gasteiger partial charge in [0.2, 0.25) is 10.0 Å². The van der Waals surface area contributed by atoms with Gasteiger partial charge in [0, 0.05) is 13.1 Å². The third kappa shape index (κ3) is 2.99. The fourth-order valence-corrected chi connectivity index (χ4v) is 4.35. The zero-order valence-corrected chi connectivity index (χ0v) is 12.7. The molecule has 0 spiro atoms. The molecule has 1 saturated heterocycles. The molecule has 1 aromatic rings. The van der Waals surface area contributed by atoms with Crippen molar-refractivity contribution in [1.29, 1.82) is 0 Å². The Hall–Kier alpha value is -0.910. The van der Waals surface area contributed by atoms with E-state index in [1.807, 2.05) is 39.8 Å². The SMILES string of the molecule is Cc1ccc(S(=O)(=O)N2C[C@H](C)O[C@@H](C)C2)c(C)c1. The molecule has 5 heteroatoms. The van der Waals surface area contributed by atoms with E-state index in [4.69, 9.17) is 4.74 Å². The summed E-state index contributed by atoms with van der Waals surface area (Å²) in [5, 5.41) is 0. The number of sulfonamides is 1. The average Bonchev–Trinajstić information content (AvgIpc) is 2.26. The Morgan fingerprint density at radius 3 is 2.26 bits per heavy atom. The number of benzene rings is 1. The second kappa shape index (κ2) is 5.23. The Labute approximate surface area is 115 Å². The number of hydrogen-bond donors (Lipinski definition) is 0. The van der Waals surface area contributed by atoms with Crippen LogP contribution < -0.4 is 0 Å². The zero-order chi connectivity index (χ0) is 14.2. The van der Waals surface area contributed by atoms with Gasteiger partial charge in [0.15, 0.2) is 0 Å². The number of ether oxygens (including phenoxy) is 1. The van der Waals surface area contributed by atoms with Gasteiger partial charge in [-0.3, -0.25) is 0 Å². The Kier molecular flexibility index (Phi) is 3.99. The van der Waals surface area contributed by atoms with E-state index in [0.717, 1.165) is 11.1 Å². The van der Waals surface area contributed by atoms with Crippen molar-refractivity contribution in [3.63, 3.8) is 0 Å². The van der Waals surface area contributed by atoms with Gasteiger partial charge in [0.25, 0.3) is 0 Å². The van der Waals surface area contributed by atoms with E-state index in [0.29, 0.717) is 18.0 Å². The van der Waals surface area contributed by atoms with Crippen LogP contribution in [-0.4, -0.2) is 38.0 Å². The fourth-order valence-electron chi connectivity index (χ4n) is 2.55. The highest BCUT2D eigenvalue weighted by Crippen LogP contribution is 2.24. The van der Waals surface area contributed by atoms with E-state index < -0.39 is 10.0 Å². The first-order chi connectivity index (χ1) is 8.80. The van der Waals surface area contributed by atoms with Crippen LogP contribution in [0, 0.1) is 13.8 Å². The van der Waals surface area contributed by atoms with Crippen molar-refractivity contribution in [2.75, 3.05) is 13.1 Å². The molecule has 1 aromatic carbocycles. The van der Waals surface area contributed by atoms with Gasteiger partial charge in [-0.2, -0.15) is 4.31 Å². The maximum atomic E-state index is 12.7. The molecule has 1 heterocycles. The minimum atomic E-state index is -3.42. The standard InChI is InChI=1S/C14H21NO3S/c1-10-5-6-14(11(2)7-10)19(16,17)15-8-12(3)18-13(4)9-15/h5-7,12-13H,8-9H2,1-4H3/t12-,13-/m0/s1. The van der Waals surface area contributed by atoms with Crippen molar-refractivity contribution in [2.45, 2.75) is 44.8 Å². The molecule has 1 fully saturated rings. The van der Waals surface area contributed by atoms with Gasteiger partial charge >= 0.3 is 0 Å². The molecule has 0 aliphatic carbocycles. The highest BCUT2D eigenvalue weighted by atomic mass is 32.2. The van der Waals surface area contributed by atoms with Crippen molar-refractivity contribution in [2.24, 2.45) is 0 Å². The maximum absolute atomic E-state index is 12.7. The van der Waals surface area contributed by atoms with Crippen molar-refractivity contribution >= 4 is 10.0 Å². The zero-order valence-electron chi connectivity index (χ0n) is 11.9. The Morgan fingerprint density at radius 1 is 1.16 bits per heavy atom. The van der Waals surface area contributed by atoms with Gasteiger partial charge in [-0.25, -0.2) is 8.42 Å². The van der Waals surface area contributed by atoms with Gasteiger partial charge in [-0.05, 0) is 39.3 Å². The third-order valence-corrected chi connectivity index (χ3v) is 5.33. The molecule has 2 rings (SSSR count). The number of morpholine rings is 1. The van der Waals surface area contributed by atoms with Gasteiger partial charge in [-0.1, -0.05) is 17.7 Å². The molecule has 0 aromatic heterocycles. The van der Waals surface area contributed by atoms with Crippen LogP contribution in [0.25, 0.3) is 0 Å². The fraction of sp³-hybridized carbons (Fsp3) is 0.571. The van der Waals surface area contributed by atoms with Gasteiger partial charge < -0.3 is 4.74 Å². The van der Waals surface area contributed by atoms with E-state index in [1.165, 1.54) is 4.31 Å². The first-order valence-corrected chi connectivity index (χ1v) is 7.97. The summed E-state index contributed by atoms with van der Waals surface area (Å²) in [6, 6.07) is 5.44. The molecule has 1 aliphatic rings. The van der Waals surface area contributed by atoms with E-state index in [9.17, 15) is 8.42 Å². The first-order valence-electron chi connectivity index (χ1n) is 6.53. The quantitative estimate of drug-likeness (QED) is 0.835. The Morgan fingerprint density at radius 2 is 1.74 bits per heavy atom. The molecule has 1 aliphatic heterocycles. The highest BCUT2D eigenvalue weighted by Gasteiger charge is 2.32. The molecule has 0 radical (unpaired) electrons. The lowest BCUT2D eigenvalue weighted by molar-refractivity contribution is -0.0440. The summed E-state index contributed by atoms with van der Waals surface area (Å²) in [7, 11) is -3.42. The first kappa shape index (κ1) is 14.5. The molecule has 0 N–H and O–H groups in total. The van der Waals surface area contributed by atoms with Crippen LogP contribution in [0.5, 0.6) is 0 Å². The van der Waals surface area contributed by atoms with Gasteiger partial charge in [0.1, 0.15) is 0 Å². The monoisotopic (exact) mass is 283 g/mol. The molecule has 106 valence electrons. The second-order valence-electron chi connectivity index (χ2n) is 5.35. The van der Waals surface area contributed by atoms with E-state index in [1.54, 1.807) is 6.07 Å². The summed E-state index contributed by atoms with van der Waals surface area (Å²) in [4.78, 5) is 0.402. The smallest absolute Gasteiger partial charge is 0.243 e. The molecule has 0 unspecified atom stereocenters. The van der Waals surface area contributed by atoms with Gasteiger partial charge in [0.05, 0.1) is 17.1 Å².